The summed E-state index contributed by atoms with van der Waals surface area (Å²) in [7, 11) is -3.66. The first kappa shape index (κ1) is 19.9. The number of nitrogens with one attached hydrogen (secondary N) is 1. The molecule has 0 aromatic heterocycles. The lowest BCUT2D eigenvalue weighted by Gasteiger charge is -2.32. The van der Waals surface area contributed by atoms with Gasteiger partial charge in [0.15, 0.2) is 0 Å². The highest BCUT2D eigenvalue weighted by atomic mass is 32.2. The van der Waals surface area contributed by atoms with E-state index in [1.807, 2.05) is 30.3 Å². The Balaban J connectivity index is 2.03. The van der Waals surface area contributed by atoms with Crippen LogP contribution in [0.3, 0.4) is 0 Å². The molecule has 0 unspecified atom stereocenters. The van der Waals surface area contributed by atoms with Gasteiger partial charge < -0.3 is 5.32 Å². The minimum Gasteiger partial charge on any atom is -0.349 e. The molecule has 0 aliphatic carbocycles. The van der Waals surface area contributed by atoms with Gasteiger partial charge in [-0.15, -0.1) is 0 Å². The second-order valence-electron chi connectivity index (χ2n) is 7.95. The van der Waals surface area contributed by atoms with Crippen LogP contribution in [-0.2, 0) is 15.0 Å². The van der Waals surface area contributed by atoms with Gasteiger partial charge in [0.1, 0.15) is 0 Å². The zero-order valence-corrected chi connectivity index (χ0v) is 16.1. The summed E-state index contributed by atoms with van der Waals surface area (Å²) in [6.07, 6.45) is 1.83. The Morgan fingerprint density at radius 3 is 2.28 bits per heavy atom. The highest BCUT2D eigenvalue weighted by molar-refractivity contribution is 7.86. The van der Waals surface area contributed by atoms with E-state index in [-0.39, 0.29) is 23.3 Å². The van der Waals surface area contributed by atoms with Crippen molar-refractivity contribution in [1.82, 2.24) is 9.62 Å². The molecule has 25 heavy (non-hydrogen) atoms. The Bertz CT molecular complexity index is 675. The van der Waals surface area contributed by atoms with E-state index in [0.29, 0.717) is 25.9 Å². The highest BCUT2D eigenvalue weighted by Crippen LogP contribution is 2.30. The number of carbonyl (C=O) groups is 1. The second kappa shape index (κ2) is 7.85. The van der Waals surface area contributed by atoms with Crippen molar-refractivity contribution in [3.63, 3.8) is 0 Å². The summed E-state index contributed by atoms with van der Waals surface area (Å²) in [5.74, 6) is -0.184. The zero-order valence-electron chi connectivity index (χ0n) is 15.2. The molecule has 2 rings (SSSR count). The largest absolute Gasteiger partial charge is 0.349 e. The van der Waals surface area contributed by atoms with Gasteiger partial charge in [-0.25, -0.2) is 5.14 Å². The summed E-state index contributed by atoms with van der Waals surface area (Å²) >= 11 is 0. The van der Waals surface area contributed by atoms with Crippen LogP contribution >= 0.6 is 0 Å². The molecule has 1 atom stereocenters. The van der Waals surface area contributed by atoms with Gasteiger partial charge in [0.2, 0.25) is 5.91 Å². The molecule has 1 heterocycles. The molecule has 1 saturated heterocycles. The topological polar surface area (TPSA) is 92.5 Å². The van der Waals surface area contributed by atoms with Gasteiger partial charge in [-0.1, -0.05) is 51.1 Å². The van der Waals surface area contributed by atoms with E-state index in [9.17, 15) is 13.2 Å². The lowest BCUT2D eigenvalue weighted by Crippen LogP contribution is -2.46. The molecule has 0 bridgehead atoms. The minimum atomic E-state index is -3.66. The van der Waals surface area contributed by atoms with Crippen LogP contribution in [0, 0.1) is 11.3 Å². The molecule has 1 amide bonds. The van der Waals surface area contributed by atoms with Crippen LogP contribution in [0.15, 0.2) is 30.3 Å². The van der Waals surface area contributed by atoms with E-state index in [2.05, 4.69) is 26.1 Å². The predicted molar refractivity (Wildman–Crippen MR) is 98.8 cm³/mol. The molecular weight excluding hydrogens is 338 g/mol. The first-order valence-electron chi connectivity index (χ1n) is 8.69. The lowest BCUT2D eigenvalue weighted by molar-refractivity contribution is -0.127. The summed E-state index contributed by atoms with van der Waals surface area (Å²) in [5.41, 5.74) is 1.16. The van der Waals surface area contributed by atoms with Gasteiger partial charge in [-0.2, -0.15) is 12.7 Å². The first-order valence-corrected chi connectivity index (χ1v) is 10.2. The van der Waals surface area contributed by atoms with Crippen LogP contribution in [0.25, 0.3) is 0 Å². The summed E-state index contributed by atoms with van der Waals surface area (Å²) in [6, 6.07) is 9.91. The number of piperidine rings is 1. The van der Waals surface area contributed by atoms with Crippen LogP contribution in [0.2, 0.25) is 0 Å². The molecule has 1 aromatic carbocycles. The molecule has 0 saturated carbocycles. The van der Waals surface area contributed by atoms with Crippen LogP contribution in [0.1, 0.15) is 51.6 Å². The van der Waals surface area contributed by atoms with E-state index in [4.69, 9.17) is 5.14 Å². The number of amides is 1. The van der Waals surface area contributed by atoms with Gasteiger partial charge in [0.05, 0.1) is 6.04 Å². The molecule has 1 aliphatic heterocycles. The maximum absolute atomic E-state index is 12.7. The van der Waals surface area contributed by atoms with Crippen LogP contribution in [-0.4, -0.2) is 31.7 Å². The van der Waals surface area contributed by atoms with Crippen molar-refractivity contribution in [3.05, 3.63) is 35.9 Å². The molecule has 1 aliphatic rings. The SMILES string of the molecule is CC(C)(C)C[C@H](NC(=O)C1CCN(S(N)(=O)=O)CC1)c1ccccc1. The Hall–Kier alpha value is -1.44. The molecule has 140 valence electrons. The van der Waals surface area contributed by atoms with Gasteiger partial charge in [-0.05, 0) is 30.2 Å². The Morgan fingerprint density at radius 1 is 1.24 bits per heavy atom. The maximum atomic E-state index is 12.7. The minimum absolute atomic E-state index is 0.00725. The third kappa shape index (κ3) is 6.09. The maximum Gasteiger partial charge on any atom is 0.276 e. The molecule has 0 spiro atoms. The number of rotatable bonds is 5. The molecule has 0 radical (unpaired) electrons. The van der Waals surface area contributed by atoms with Crippen molar-refractivity contribution in [3.8, 4) is 0 Å². The summed E-state index contributed by atoms with van der Waals surface area (Å²) in [6.45, 7) is 7.05. The normalized spacial score (nSPS) is 18.7. The molecule has 3 N–H and O–H groups in total. The van der Waals surface area contributed by atoms with Crippen LogP contribution < -0.4 is 10.5 Å². The van der Waals surface area contributed by atoms with Crippen molar-refractivity contribution < 1.29 is 13.2 Å². The Labute approximate surface area is 151 Å². The van der Waals surface area contributed by atoms with Crippen molar-refractivity contribution >= 4 is 16.1 Å². The second-order valence-corrected chi connectivity index (χ2v) is 9.50. The lowest BCUT2D eigenvalue weighted by atomic mass is 9.85. The third-order valence-electron chi connectivity index (χ3n) is 4.52. The number of hydrogen-bond acceptors (Lipinski definition) is 3. The molecule has 6 nitrogen and oxygen atoms in total. The third-order valence-corrected chi connectivity index (χ3v) is 5.60. The smallest absolute Gasteiger partial charge is 0.276 e. The fraction of sp³-hybridized carbons (Fsp3) is 0.611. The summed E-state index contributed by atoms with van der Waals surface area (Å²) < 4.78 is 24.0. The molecule has 1 fully saturated rings. The monoisotopic (exact) mass is 367 g/mol. The van der Waals surface area contributed by atoms with E-state index in [1.54, 1.807) is 0 Å². The van der Waals surface area contributed by atoms with Crippen molar-refractivity contribution in [2.75, 3.05) is 13.1 Å². The number of benzene rings is 1. The predicted octanol–water partition coefficient (Wildman–Crippen LogP) is 2.20. The number of nitrogens with zero attached hydrogens (tertiary/aromatic N) is 1. The first-order chi connectivity index (χ1) is 11.6. The summed E-state index contributed by atoms with van der Waals surface area (Å²) in [4.78, 5) is 12.7. The van der Waals surface area contributed by atoms with E-state index in [0.717, 1.165) is 12.0 Å². The standard InChI is InChI=1S/C18H29N3O3S/c1-18(2,3)13-16(14-7-5-4-6-8-14)20-17(22)15-9-11-21(12-10-15)25(19,23)24/h4-8,15-16H,9-13H2,1-3H3,(H,20,22)(H2,19,23,24)/t16-/m0/s1. The van der Waals surface area contributed by atoms with Crippen molar-refractivity contribution in [2.24, 2.45) is 16.5 Å². The molecule has 1 aromatic rings. The fourth-order valence-electron chi connectivity index (χ4n) is 3.21. The number of nitrogens with two attached hydrogens (primary N) is 1. The van der Waals surface area contributed by atoms with Crippen LogP contribution in [0.5, 0.6) is 0 Å². The molecule has 7 heteroatoms. The van der Waals surface area contributed by atoms with E-state index >= 15 is 0 Å². The van der Waals surface area contributed by atoms with E-state index in [1.165, 1.54) is 4.31 Å². The molecular formula is C18H29N3O3S. The number of hydrogen-bond donors (Lipinski definition) is 2. The Kier molecular flexibility index (Phi) is 6.24. The fourth-order valence-corrected chi connectivity index (χ4v) is 3.93. The van der Waals surface area contributed by atoms with E-state index < -0.39 is 10.2 Å². The van der Waals surface area contributed by atoms with Gasteiger partial charge in [-0.3, -0.25) is 4.79 Å². The Morgan fingerprint density at radius 2 is 1.80 bits per heavy atom. The highest BCUT2D eigenvalue weighted by Gasteiger charge is 2.31. The van der Waals surface area contributed by atoms with Gasteiger partial charge >= 0.3 is 0 Å². The van der Waals surface area contributed by atoms with Crippen molar-refractivity contribution in [2.45, 2.75) is 46.1 Å². The average molecular weight is 368 g/mol. The zero-order chi connectivity index (χ0) is 18.7. The number of carbonyl (C=O) groups excluding carboxylic acids is 1. The van der Waals surface area contributed by atoms with Crippen LogP contribution in [0.4, 0.5) is 0 Å². The summed E-state index contributed by atoms with van der Waals surface area (Å²) in [5, 5.41) is 8.33. The van der Waals surface area contributed by atoms with Gasteiger partial charge in [0, 0.05) is 19.0 Å². The average Bonchev–Trinajstić information content (AvgIpc) is 2.53. The van der Waals surface area contributed by atoms with Crippen molar-refractivity contribution in [1.29, 1.82) is 0 Å². The van der Waals surface area contributed by atoms with Gasteiger partial charge in [0.25, 0.3) is 10.2 Å². The quantitative estimate of drug-likeness (QED) is 0.835.